The van der Waals surface area contributed by atoms with Crippen molar-refractivity contribution in [3.05, 3.63) is 0 Å². The van der Waals surface area contributed by atoms with E-state index in [-0.39, 0.29) is 13.3 Å². The Morgan fingerprint density at radius 2 is 1.86 bits per heavy atom. The van der Waals surface area contributed by atoms with Crippen LogP contribution in [-0.2, 0) is 9.68 Å². The van der Waals surface area contributed by atoms with E-state index in [1.807, 2.05) is 27.7 Å². The molecule has 2 atom stereocenters. The minimum absolute atomic E-state index is 0. The van der Waals surface area contributed by atoms with Crippen molar-refractivity contribution in [3.63, 3.8) is 0 Å². The van der Waals surface area contributed by atoms with Crippen molar-refractivity contribution in [1.29, 1.82) is 0 Å². The molecule has 0 fully saturated rings. The number of carbonyl (C=O) groups excluding carboxylic acids is 1. The van der Waals surface area contributed by atoms with Crippen LogP contribution in [0, 0.1) is 5.92 Å². The van der Waals surface area contributed by atoms with Gasteiger partial charge in [0, 0.05) is 1.43 Å². The molecule has 0 aromatic heterocycles. The molecule has 0 aromatic carbocycles. The van der Waals surface area contributed by atoms with E-state index < -0.39 is 0 Å². The summed E-state index contributed by atoms with van der Waals surface area (Å²) in [6, 6.07) is -0.255. The van der Waals surface area contributed by atoms with Crippen molar-refractivity contribution in [1.82, 2.24) is 0 Å². The van der Waals surface area contributed by atoms with Crippen molar-refractivity contribution in [2.45, 2.75) is 47.1 Å². The highest BCUT2D eigenvalue weighted by Gasteiger charge is 2.14. The molecule has 0 aliphatic rings. The number of ketones is 1. The number of hydrogen-bond donors (Lipinski definition) is 2. The minimum Gasteiger partial charge on any atom is -0.321 e. The Kier molecular flexibility index (Phi) is 20.6. The largest absolute Gasteiger partial charge is 0.321 e. The van der Waals surface area contributed by atoms with Crippen LogP contribution in [0.1, 0.15) is 42.5 Å². The third kappa shape index (κ3) is 14.1. The van der Waals surface area contributed by atoms with Crippen LogP contribution in [0.15, 0.2) is 0 Å². The van der Waals surface area contributed by atoms with Crippen LogP contribution in [0.4, 0.5) is 0 Å². The number of carbonyl (C=O) groups is 1. The van der Waals surface area contributed by atoms with E-state index >= 15 is 0 Å². The Labute approximate surface area is 88.9 Å². The van der Waals surface area contributed by atoms with E-state index in [9.17, 15) is 4.79 Å². The first kappa shape index (κ1) is 19.2. The van der Waals surface area contributed by atoms with Gasteiger partial charge in [0.25, 0.3) is 0 Å². The maximum atomic E-state index is 10.6. The highest BCUT2D eigenvalue weighted by molar-refractivity contribution is 5.81. The maximum Gasteiger partial charge on any atom is 0.146 e. The van der Waals surface area contributed by atoms with Gasteiger partial charge in [0.1, 0.15) is 5.78 Å². The molecule has 2 unspecified atom stereocenters. The van der Waals surface area contributed by atoms with Gasteiger partial charge in [-0.15, -0.1) is 0 Å². The van der Waals surface area contributed by atoms with Gasteiger partial charge in [-0.3, -0.25) is 10.1 Å². The summed E-state index contributed by atoms with van der Waals surface area (Å²) in [5.41, 5.74) is 5.52. The summed E-state index contributed by atoms with van der Waals surface area (Å²) in [6.07, 6.45) is 0.973. The molecule has 0 bridgehead atoms. The Balaban J connectivity index is -0.0000000867. The lowest BCUT2D eigenvalue weighted by molar-refractivity contribution is -0.214. The average Bonchev–Trinajstić information content (AvgIpc) is 2.19. The summed E-state index contributed by atoms with van der Waals surface area (Å²) >= 11 is 0. The van der Waals surface area contributed by atoms with Crippen LogP contribution in [0.25, 0.3) is 0 Å². The summed E-state index contributed by atoms with van der Waals surface area (Å²) in [5.74, 6) is 0.409. The summed E-state index contributed by atoms with van der Waals surface area (Å²) in [4.78, 5) is 13.9. The Bertz CT molecular complexity index is 123. The van der Waals surface area contributed by atoms with Gasteiger partial charge in [-0.05, 0) is 12.8 Å². The van der Waals surface area contributed by atoms with Crippen LogP contribution >= 0.6 is 0 Å². The van der Waals surface area contributed by atoms with Crippen molar-refractivity contribution in [3.8, 4) is 0 Å². The highest BCUT2D eigenvalue weighted by Crippen LogP contribution is 2.04. The molecule has 0 spiro atoms. The predicted molar refractivity (Wildman–Crippen MR) is 61.2 cm³/mol. The van der Waals surface area contributed by atoms with E-state index in [0.717, 1.165) is 6.42 Å². The Morgan fingerprint density at radius 1 is 1.57 bits per heavy atom. The molecule has 0 radical (unpaired) electrons. The molecule has 14 heavy (non-hydrogen) atoms. The van der Waals surface area contributed by atoms with Crippen LogP contribution in [0.3, 0.4) is 0 Å². The zero-order valence-electron chi connectivity index (χ0n) is 10.2. The minimum atomic E-state index is -0.255. The standard InChI is InChI=1S/C7H15NO.C2H6.CH4O2.H2/c1-4-5(2)7(8)6(3)9;1-2;1-3-2;/h5,7H,4,8H2,1-3H3;1-2H3;2H,1H3;1H. The van der Waals surface area contributed by atoms with E-state index in [4.69, 9.17) is 11.0 Å². The van der Waals surface area contributed by atoms with Crippen molar-refractivity contribution >= 4 is 5.78 Å². The van der Waals surface area contributed by atoms with Gasteiger partial charge in [-0.2, -0.15) is 0 Å². The second-order valence-electron chi connectivity index (χ2n) is 2.70. The molecule has 4 nitrogen and oxygen atoms in total. The van der Waals surface area contributed by atoms with Crippen LogP contribution in [-0.4, -0.2) is 24.2 Å². The molecular weight excluding hydrogens is 182 g/mol. The molecule has 0 saturated heterocycles. The average molecular weight is 209 g/mol. The van der Waals surface area contributed by atoms with Gasteiger partial charge >= 0.3 is 0 Å². The van der Waals surface area contributed by atoms with E-state index in [0.29, 0.717) is 5.92 Å². The lowest BCUT2D eigenvalue weighted by atomic mass is 9.97. The second-order valence-corrected chi connectivity index (χ2v) is 2.70. The van der Waals surface area contributed by atoms with Gasteiger partial charge in [0.2, 0.25) is 0 Å². The quantitative estimate of drug-likeness (QED) is 0.552. The Morgan fingerprint density at radius 3 is 1.93 bits per heavy atom. The molecular formula is C10H27NO3. The van der Waals surface area contributed by atoms with Crippen LogP contribution < -0.4 is 5.73 Å². The predicted octanol–water partition coefficient (Wildman–Crippen LogP) is 2.33. The van der Waals surface area contributed by atoms with Crippen molar-refractivity contribution in [2.75, 3.05) is 7.11 Å². The molecule has 0 rings (SSSR count). The highest BCUT2D eigenvalue weighted by atomic mass is 17.1. The number of nitrogens with two attached hydrogens (primary N) is 1. The summed E-state index contributed by atoms with van der Waals surface area (Å²) in [7, 11) is 1.18. The third-order valence-corrected chi connectivity index (χ3v) is 1.73. The first-order chi connectivity index (χ1) is 6.51. The fourth-order valence-electron chi connectivity index (χ4n) is 0.655. The number of Topliss-reactive ketones (excluding diaryl/α,β-unsaturated/α-hetero) is 1. The van der Waals surface area contributed by atoms with Crippen LogP contribution in [0.2, 0.25) is 0 Å². The first-order valence-electron chi connectivity index (χ1n) is 4.94. The van der Waals surface area contributed by atoms with E-state index in [1.165, 1.54) is 14.0 Å². The SMILES string of the molecule is CC.CCC(C)C(N)C(C)=O.COO.[HH]. The van der Waals surface area contributed by atoms with Gasteiger partial charge in [-0.1, -0.05) is 34.1 Å². The monoisotopic (exact) mass is 209 g/mol. The summed E-state index contributed by atoms with van der Waals surface area (Å²) in [5, 5.41) is 7.07. The lowest BCUT2D eigenvalue weighted by Crippen LogP contribution is -2.34. The number of rotatable bonds is 3. The number of hydrogen-bond acceptors (Lipinski definition) is 4. The Hall–Kier alpha value is -0.450. The van der Waals surface area contributed by atoms with Crippen molar-refractivity contribution in [2.24, 2.45) is 11.7 Å². The zero-order valence-corrected chi connectivity index (χ0v) is 10.2. The smallest absolute Gasteiger partial charge is 0.146 e. The van der Waals surface area contributed by atoms with E-state index in [1.54, 1.807) is 0 Å². The third-order valence-electron chi connectivity index (χ3n) is 1.73. The molecule has 3 N–H and O–H groups in total. The normalized spacial score (nSPS) is 12.6. The van der Waals surface area contributed by atoms with E-state index in [2.05, 4.69) is 4.89 Å². The van der Waals surface area contributed by atoms with Gasteiger partial charge < -0.3 is 5.73 Å². The van der Waals surface area contributed by atoms with Crippen LogP contribution in [0.5, 0.6) is 0 Å². The molecule has 0 aliphatic heterocycles. The van der Waals surface area contributed by atoms with Gasteiger partial charge in [0.05, 0.1) is 13.2 Å². The summed E-state index contributed by atoms with van der Waals surface area (Å²) < 4.78 is 0. The molecule has 0 aliphatic carbocycles. The first-order valence-corrected chi connectivity index (χ1v) is 4.94. The molecule has 0 aromatic rings. The molecule has 0 amide bonds. The summed E-state index contributed by atoms with van der Waals surface area (Å²) in [6.45, 7) is 9.57. The maximum absolute atomic E-state index is 10.6. The fourth-order valence-corrected chi connectivity index (χ4v) is 0.655. The van der Waals surface area contributed by atoms with Crippen molar-refractivity contribution < 1.29 is 16.4 Å². The fraction of sp³-hybridized carbons (Fsp3) is 0.900. The lowest BCUT2D eigenvalue weighted by Gasteiger charge is -2.13. The molecule has 90 valence electrons. The second kappa shape index (κ2) is 15.0. The molecule has 0 heterocycles. The molecule has 0 saturated carbocycles. The van der Waals surface area contributed by atoms with Gasteiger partial charge in [0.15, 0.2) is 0 Å². The van der Waals surface area contributed by atoms with Gasteiger partial charge in [-0.25, -0.2) is 4.89 Å². The topological polar surface area (TPSA) is 72.6 Å². The molecule has 4 heteroatoms. The zero-order chi connectivity index (χ0) is 12.1.